The first-order valence-electron chi connectivity index (χ1n) is 6.38. The Morgan fingerprint density at radius 3 is 2.71 bits per heavy atom. The van der Waals surface area contributed by atoms with Crippen molar-refractivity contribution in [2.45, 2.75) is 6.54 Å². The molecule has 0 saturated carbocycles. The number of aromatic nitrogens is 3. The second-order valence-electron chi connectivity index (χ2n) is 4.48. The van der Waals surface area contributed by atoms with Gasteiger partial charge in [0.15, 0.2) is 0 Å². The van der Waals surface area contributed by atoms with Gasteiger partial charge in [-0.05, 0) is 24.3 Å². The van der Waals surface area contributed by atoms with E-state index in [1.807, 2.05) is 6.07 Å². The number of hydrogen-bond donors (Lipinski definition) is 1. The third-order valence-electron chi connectivity index (χ3n) is 3.01. The summed E-state index contributed by atoms with van der Waals surface area (Å²) in [6.07, 6.45) is 4.55. The second-order valence-corrected chi connectivity index (χ2v) is 4.48. The van der Waals surface area contributed by atoms with E-state index in [0.717, 1.165) is 0 Å². The van der Waals surface area contributed by atoms with E-state index in [-0.39, 0.29) is 18.0 Å². The standard InChI is InChI=1S/C15H12N4O2/c20-14(18-11-5-7-16-8-6-11)9-19-10-17-13-4-2-1-3-12(13)15(19)21/h1-8,10H,9H2,(H,16,18,20). The van der Waals surface area contributed by atoms with Crippen LogP contribution in [0.3, 0.4) is 0 Å². The normalized spacial score (nSPS) is 10.5. The molecule has 2 heterocycles. The van der Waals surface area contributed by atoms with Crippen molar-refractivity contribution in [1.82, 2.24) is 14.5 Å². The zero-order valence-corrected chi connectivity index (χ0v) is 11.1. The molecular formula is C15H12N4O2. The highest BCUT2D eigenvalue weighted by molar-refractivity contribution is 5.90. The maximum atomic E-state index is 12.2. The minimum Gasteiger partial charge on any atom is -0.324 e. The number of pyridine rings is 1. The van der Waals surface area contributed by atoms with Crippen LogP contribution >= 0.6 is 0 Å². The van der Waals surface area contributed by atoms with Gasteiger partial charge in [0.1, 0.15) is 6.54 Å². The Hall–Kier alpha value is -3.02. The van der Waals surface area contributed by atoms with E-state index in [1.54, 1.807) is 42.7 Å². The van der Waals surface area contributed by atoms with Gasteiger partial charge in [-0.2, -0.15) is 0 Å². The van der Waals surface area contributed by atoms with Crippen molar-refractivity contribution in [2.24, 2.45) is 0 Å². The predicted octanol–water partition coefficient (Wildman–Crippen LogP) is 1.43. The summed E-state index contributed by atoms with van der Waals surface area (Å²) in [4.78, 5) is 32.2. The summed E-state index contributed by atoms with van der Waals surface area (Å²) < 4.78 is 1.29. The SMILES string of the molecule is O=C(Cn1cnc2ccccc2c1=O)Nc1ccncc1. The van der Waals surface area contributed by atoms with Gasteiger partial charge in [0, 0.05) is 18.1 Å². The van der Waals surface area contributed by atoms with Crippen molar-refractivity contribution in [2.75, 3.05) is 5.32 Å². The summed E-state index contributed by atoms with van der Waals surface area (Å²) in [5, 5.41) is 3.20. The highest BCUT2D eigenvalue weighted by atomic mass is 16.2. The number of hydrogen-bond acceptors (Lipinski definition) is 4. The molecule has 0 aliphatic carbocycles. The number of fused-ring (bicyclic) bond motifs is 1. The van der Waals surface area contributed by atoms with Crippen LogP contribution in [0.4, 0.5) is 5.69 Å². The van der Waals surface area contributed by atoms with E-state index in [2.05, 4.69) is 15.3 Å². The molecule has 1 N–H and O–H groups in total. The molecule has 0 aliphatic rings. The first-order chi connectivity index (χ1) is 10.2. The molecule has 3 aromatic rings. The van der Waals surface area contributed by atoms with Crippen LogP contribution in [-0.4, -0.2) is 20.4 Å². The molecule has 1 amide bonds. The van der Waals surface area contributed by atoms with Crippen molar-refractivity contribution in [1.29, 1.82) is 0 Å². The van der Waals surface area contributed by atoms with Crippen molar-refractivity contribution in [3.05, 3.63) is 65.5 Å². The van der Waals surface area contributed by atoms with Crippen LogP contribution in [0.25, 0.3) is 10.9 Å². The molecule has 0 bridgehead atoms. The molecule has 0 atom stereocenters. The van der Waals surface area contributed by atoms with Crippen LogP contribution in [0.15, 0.2) is 59.9 Å². The lowest BCUT2D eigenvalue weighted by Crippen LogP contribution is -2.27. The number of amides is 1. The van der Waals surface area contributed by atoms with E-state index < -0.39 is 0 Å². The number of benzene rings is 1. The second kappa shape index (κ2) is 5.54. The van der Waals surface area contributed by atoms with Crippen molar-refractivity contribution in [3.63, 3.8) is 0 Å². The minimum atomic E-state index is -0.291. The average molecular weight is 280 g/mol. The molecule has 6 nitrogen and oxygen atoms in total. The number of nitrogens with zero attached hydrogens (tertiary/aromatic N) is 3. The highest BCUT2D eigenvalue weighted by Crippen LogP contribution is 2.05. The maximum Gasteiger partial charge on any atom is 0.261 e. The molecule has 2 aromatic heterocycles. The Morgan fingerprint density at radius 2 is 1.90 bits per heavy atom. The molecule has 1 aromatic carbocycles. The van der Waals surface area contributed by atoms with E-state index in [9.17, 15) is 9.59 Å². The van der Waals surface area contributed by atoms with Gasteiger partial charge in [0.05, 0.1) is 17.2 Å². The molecule has 0 unspecified atom stereocenters. The number of rotatable bonds is 3. The lowest BCUT2D eigenvalue weighted by Gasteiger charge is -2.07. The third-order valence-corrected chi connectivity index (χ3v) is 3.01. The largest absolute Gasteiger partial charge is 0.324 e. The first-order valence-corrected chi connectivity index (χ1v) is 6.38. The smallest absolute Gasteiger partial charge is 0.261 e. The van der Waals surface area contributed by atoms with Crippen molar-refractivity contribution < 1.29 is 4.79 Å². The lowest BCUT2D eigenvalue weighted by atomic mass is 10.2. The fourth-order valence-corrected chi connectivity index (χ4v) is 2.01. The Bertz CT molecular complexity index is 843. The molecule has 104 valence electrons. The fourth-order valence-electron chi connectivity index (χ4n) is 2.01. The molecule has 0 saturated heterocycles. The van der Waals surface area contributed by atoms with E-state index in [4.69, 9.17) is 0 Å². The van der Waals surface area contributed by atoms with Crippen molar-refractivity contribution >= 4 is 22.5 Å². The summed E-state index contributed by atoms with van der Waals surface area (Å²) in [7, 11) is 0. The van der Waals surface area contributed by atoms with E-state index in [1.165, 1.54) is 10.9 Å². The predicted molar refractivity (Wildman–Crippen MR) is 78.9 cm³/mol. The third kappa shape index (κ3) is 2.79. The molecule has 21 heavy (non-hydrogen) atoms. The van der Waals surface area contributed by atoms with Gasteiger partial charge >= 0.3 is 0 Å². The Labute approximate surface area is 120 Å². The number of para-hydroxylation sites is 1. The monoisotopic (exact) mass is 280 g/mol. The lowest BCUT2D eigenvalue weighted by molar-refractivity contribution is -0.116. The maximum absolute atomic E-state index is 12.2. The number of carbonyl (C=O) groups excluding carboxylic acids is 1. The molecule has 0 fully saturated rings. The Morgan fingerprint density at radius 1 is 1.14 bits per heavy atom. The molecule has 0 radical (unpaired) electrons. The summed E-state index contributed by atoms with van der Waals surface area (Å²) in [6.45, 7) is -0.0843. The van der Waals surface area contributed by atoms with Gasteiger partial charge in [-0.15, -0.1) is 0 Å². The zero-order valence-electron chi connectivity index (χ0n) is 11.1. The van der Waals surface area contributed by atoms with Gasteiger partial charge in [-0.25, -0.2) is 4.98 Å². The molecule has 0 aliphatic heterocycles. The Balaban J connectivity index is 1.83. The van der Waals surface area contributed by atoms with Gasteiger partial charge in [0.2, 0.25) is 5.91 Å². The van der Waals surface area contributed by atoms with Crippen LogP contribution in [0, 0.1) is 0 Å². The van der Waals surface area contributed by atoms with E-state index >= 15 is 0 Å². The topological polar surface area (TPSA) is 76.9 Å². The number of anilines is 1. The summed E-state index contributed by atoms with van der Waals surface area (Å²) in [5.41, 5.74) is 1.02. The van der Waals surface area contributed by atoms with Gasteiger partial charge in [-0.3, -0.25) is 19.1 Å². The van der Waals surface area contributed by atoms with Crippen molar-refractivity contribution in [3.8, 4) is 0 Å². The zero-order chi connectivity index (χ0) is 14.7. The van der Waals surface area contributed by atoms with Gasteiger partial charge in [0.25, 0.3) is 5.56 Å². The molecule has 3 rings (SSSR count). The molecule has 6 heteroatoms. The van der Waals surface area contributed by atoms with Gasteiger partial charge in [-0.1, -0.05) is 12.1 Å². The first kappa shape index (κ1) is 13.0. The van der Waals surface area contributed by atoms with Crippen LogP contribution in [-0.2, 0) is 11.3 Å². The Kier molecular flexibility index (Phi) is 3.42. The van der Waals surface area contributed by atoms with E-state index in [0.29, 0.717) is 16.6 Å². The number of carbonyl (C=O) groups is 1. The average Bonchev–Trinajstić information content (AvgIpc) is 2.51. The highest BCUT2D eigenvalue weighted by Gasteiger charge is 2.08. The fraction of sp³-hybridized carbons (Fsp3) is 0.0667. The van der Waals surface area contributed by atoms with Gasteiger partial charge < -0.3 is 5.32 Å². The number of nitrogens with one attached hydrogen (secondary N) is 1. The summed E-state index contributed by atoms with van der Waals surface area (Å²) in [5.74, 6) is -0.291. The quantitative estimate of drug-likeness (QED) is 0.787. The summed E-state index contributed by atoms with van der Waals surface area (Å²) in [6, 6.07) is 10.4. The summed E-state index contributed by atoms with van der Waals surface area (Å²) >= 11 is 0. The minimum absolute atomic E-state index is 0.0843. The van der Waals surface area contributed by atoms with Crippen LogP contribution in [0.2, 0.25) is 0 Å². The van der Waals surface area contributed by atoms with Crippen LogP contribution < -0.4 is 10.9 Å². The molecule has 0 spiro atoms. The van der Waals surface area contributed by atoms with Crippen LogP contribution in [0.1, 0.15) is 0 Å². The van der Waals surface area contributed by atoms with Crippen LogP contribution in [0.5, 0.6) is 0 Å². The molecular weight excluding hydrogens is 268 g/mol.